The lowest BCUT2D eigenvalue weighted by molar-refractivity contribution is 0.948. The van der Waals surface area contributed by atoms with Crippen molar-refractivity contribution in [2.75, 3.05) is 0 Å². The van der Waals surface area contributed by atoms with E-state index in [9.17, 15) is 4.79 Å². The predicted molar refractivity (Wildman–Crippen MR) is 80.0 cm³/mol. The molecule has 0 bridgehead atoms. The highest BCUT2D eigenvalue weighted by molar-refractivity contribution is 5.58. The second kappa shape index (κ2) is 5.13. The van der Waals surface area contributed by atoms with Crippen LogP contribution in [0.1, 0.15) is 5.56 Å². The third-order valence-electron chi connectivity index (χ3n) is 3.17. The highest BCUT2D eigenvalue weighted by Crippen LogP contribution is 2.18. The standard InChI is InChI=1S/C17H14N2O/c1-13-7-9-15(10-8-13)19-16(20)11-12-18-17(19)14-5-3-2-4-6-14/h2-12H,1H3. The number of benzene rings is 2. The number of hydrogen-bond acceptors (Lipinski definition) is 2. The summed E-state index contributed by atoms with van der Waals surface area (Å²) in [6.45, 7) is 2.02. The van der Waals surface area contributed by atoms with Crippen LogP contribution in [0.15, 0.2) is 71.7 Å². The van der Waals surface area contributed by atoms with Crippen LogP contribution in [-0.2, 0) is 0 Å². The van der Waals surface area contributed by atoms with Gasteiger partial charge in [-0.3, -0.25) is 9.36 Å². The zero-order valence-electron chi connectivity index (χ0n) is 11.2. The Morgan fingerprint density at radius 1 is 0.900 bits per heavy atom. The van der Waals surface area contributed by atoms with Gasteiger partial charge in [-0.2, -0.15) is 0 Å². The highest BCUT2D eigenvalue weighted by atomic mass is 16.1. The Kier molecular flexibility index (Phi) is 3.17. The number of hydrogen-bond donors (Lipinski definition) is 0. The van der Waals surface area contributed by atoms with E-state index >= 15 is 0 Å². The topological polar surface area (TPSA) is 34.9 Å². The van der Waals surface area contributed by atoms with Crippen molar-refractivity contribution >= 4 is 0 Å². The van der Waals surface area contributed by atoms with Crippen LogP contribution < -0.4 is 5.56 Å². The van der Waals surface area contributed by atoms with E-state index in [0.29, 0.717) is 5.82 Å². The molecule has 3 nitrogen and oxygen atoms in total. The minimum atomic E-state index is -0.0808. The summed E-state index contributed by atoms with van der Waals surface area (Å²) in [6, 6.07) is 19.1. The van der Waals surface area contributed by atoms with Crippen molar-refractivity contribution in [3.05, 3.63) is 82.8 Å². The number of aryl methyl sites for hydroxylation is 1. The Balaban J connectivity index is 2.25. The smallest absolute Gasteiger partial charge is 0.258 e. The molecule has 0 aliphatic rings. The summed E-state index contributed by atoms with van der Waals surface area (Å²) in [5.74, 6) is 0.655. The molecule has 0 spiro atoms. The first-order valence-electron chi connectivity index (χ1n) is 6.46. The van der Waals surface area contributed by atoms with E-state index in [0.717, 1.165) is 16.8 Å². The Hall–Kier alpha value is -2.68. The van der Waals surface area contributed by atoms with Gasteiger partial charge in [-0.25, -0.2) is 4.98 Å². The van der Waals surface area contributed by atoms with E-state index in [1.807, 2.05) is 61.5 Å². The zero-order valence-corrected chi connectivity index (χ0v) is 11.2. The average Bonchev–Trinajstić information content (AvgIpc) is 2.49. The molecule has 3 rings (SSSR count). The Morgan fingerprint density at radius 3 is 2.30 bits per heavy atom. The van der Waals surface area contributed by atoms with Crippen LogP contribution >= 0.6 is 0 Å². The number of aromatic nitrogens is 2. The van der Waals surface area contributed by atoms with Gasteiger partial charge in [0.15, 0.2) is 0 Å². The van der Waals surface area contributed by atoms with E-state index in [-0.39, 0.29) is 5.56 Å². The monoisotopic (exact) mass is 262 g/mol. The molecule has 0 aliphatic heterocycles. The summed E-state index contributed by atoms with van der Waals surface area (Å²) in [5, 5.41) is 0. The van der Waals surface area contributed by atoms with E-state index in [1.165, 1.54) is 6.07 Å². The Bertz CT molecular complexity index is 774. The fourth-order valence-corrected chi connectivity index (χ4v) is 2.14. The lowest BCUT2D eigenvalue weighted by Crippen LogP contribution is -2.20. The van der Waals surface area contributed by atoms with Crippen molar-refractivity contribution in [3.63, 3.8) is 0 Å². The molecule has 0 aliphatic carbocycles. The van der Waals surface area contributed by atoms with Crippen molar-refractivity contribution < 1.29 is 0 Å². The van der Waals surface area contributed by atoms with Gasteiger partial charge in [0.05, 0.1) is 5.69 Å². The molecule has 1 aromatic heterocycles. The summed E-state index contributed by atoms with van der Waals surface area (Å²) in [7, 11) is 0. The first-order valence-corrected chi connectivity index (χ1v) is 6.46. The Labute approximate surface area is 117 Å². The number of rotatable bonds is 2. The fourth-order valence-electron chi connectivity index (χ4n) is 2.14. The summed E-state index contributed by atoms with van der Waals surface area (Å²) < 4.78 is 1.63. The lowest BCUT2D eigenvalue weighted by Gasteiger charge is -2.11. The number of nitrogens with zero attached hydrogens (tertiary/aromatic N) is 2. The molecule has 0 amide bonds. The van der Waals surface area contributed by atoms with Crippen molar-refractivity contribution in [1.82, 2.24) is 9.55 Å². The maximum absolute atomic E-state index is 12.2. The molecular weight excluding hydrogens is 248 g/mol. The first-order chi connectivity index (χ1) is 9.75. The summed E-state index contributed by atoms with van der Waals surface area (Å²) >= 11 is 0. The zero-order chi connectivity index (χ0) is 13.9. The van der Waals surface area contributed by atoms with Crippen LogP contribution in [0.5, 0.6) is 0 Å². The van der Waals surface area contributed by atoms with Crippen molar-refractivity contribution in [2.24, 2.45) is 0 Å². The predicted octanol–water partition coefficient (Wildman–Crippen LogP) is 3.21. The third-order valence-corrected chi connectivity index (χ3v) is 3.17. The van der Waals surface area contributed by atoms with Gasteiger partial charge < -0.3 is 0 Å². The van der Waals surface area contributed by atoms with Gasteiger partial charge in [-0.15, -0.1) is 0 Å². The molecule has 0 atom stereocenters. The van der Waals surface area contributed by atoms with Crippen molar-refractivity contribution in [1.29, 1.82) is 0 Å². The molecule has 1 heterocycles. The van der Waals surface area contributed by atoms with Gasteiger partial charge in [0.1, 0.15) is 5.82 Å². The van der Waals surface area contributed by atoms with Gasteiger partial charge >= 0.3 is 0 Å². The second-order valence-electron chi connectivity index (χ2n) is 4.64. The fraction of sp³-hybridized carbons (Fsp3) is 0.0588. The molecule has 0 fully saturated rings. The highest BCUT2D eigenvalue weighted by Gasteiger charge is 2.09. The average molecular weight is 262 g/mol. The lowest BCUT2D eigenvalue weighted by atomic mass is 10.2. The van der Waals surface area contributed by atoms with Gasteiger partial charge in [-0.1, -0.05) is 48.0 Å². The van der Waals surface area contributed by atoms with Crippen LogP contribution in [0.4, 0.5) is 0 Å². The van der Waals surface area contributed by atoms with Crippen LogP contribution in [0, 0.1) is 6.92 Å². The summed E-state index contributed by atoms with van der Waals surface area (Å²) in [4.78, 5) is 16.6. The van der Waals surface area contributed by atoms with Crippen LogP contribution in [0.3, 0.4) is 0 Å². The van der Waals surface area contributed by atoms with E-state index < -0.39 is 0 Å². The quantitative estimate of drug-likeness (QED) is 0.710. The molecule has 3 heteroatoms. The van der Waals surface area contributed by atoms with Gasteiger partial charge in [0, 0.05) is 17.8 Å². The molecule has 20 heavy (non-hydrogen) atoms. The largest absolute Gasteiger partial charge is 0.269 e. The summed E-state index contributed by atoms with van der Waals surface area (Å²) in [5.41, 5.74) is 2.83. The Morgan fingerprint density at radius 2 is 1.60 bits per heavy atom. The third kappa shape index (κ3) is 2.26. The van der Waals surface area contributed by atoms with Gasteiger partial charge in [-0.05, 0) is 19.1 Å². The molecule has 0 N–H and O–H groups in total. The minimum Gasteiger partial charge on any atom is -0.269 e. The van der Waals surface area contributed by atoms with Gasteiger partial charge in [0.2, 0.25) is 0 Å². The van der Waals surface area contributed by atoms with Gasteiger partial charge in [0.25, 0.3) is 5.56 Å². The molecule has 0 saturated heterocycles. The first kappa shape index (κ1) is 12.4. The van der Waals surface area contributed by atoms with Crippen LogP contribution in [0.2, 0.25) is 0 Å². The van der Waals surface area contributed by atoms with E-state index in [1.54, 1.807) is 10.8 Å². The molecule has 98 valence electrons. The molecular formula is C17H14N2O. The minimum absolute atomic E-state index is 0.0808. The van der Waals surface area contributed by atoms with E-state index in [4.69, 9.17) is 0 Å². The molecule has 2 aromatic carbocycles. The molecule has 0 unspecified atom stereocenters. The molecule has 3 aromatic rings. The van der Waals surface area contributed by atoms with Crippen molar-refractivity contribution in [2.45, 2.75) is 6.92 Å². The van der Waals surface area contributed by atoms with Crippen molar-refractivity contribution in [3.8, 4) is 17.1 Å². The SMILES string of the molecule is Cc1ccc(-n2c(-c3ccccc3)nccc2=O)cc1. The maximum Gasteiger partial charge on any atom is 0.258 e. The van der Waals surface area contributed by atoms with E-state index in [2.05, 4.69) is 4.98 Å². The molecule has 0 radical (unpaired) electrons. The van der Waals surface area contributed by atoms with Crippen LogP contribution in [-0.4, -0.2) is 9.55 Å². The second-order valence-corrected chi connectivity index (χ2v) is 4.64. The summed E-state index contributed by atoms with van der Waals surface area (Å²) in [6.07, 6.45) is 1.55. The van der Waals surface area contributed by atoms with Crippen LogP contribution in [0.25, 0.3) is 17.1 Å². The molecule has 0 saturated carbocycles. The normalized spacial score (nSPS) is 10.4. The maximum atomic E-state index is 12.2.